The molecule has 18 heavy (non-hydrogen) atoms. The van der Waals surface area contributed by atoms with Gasteiger partial charge >= 0.3 is 0 Å². The van der Waals surface area contributed by atoms with Crippen molar-refractivity contribution in [2.75, 3.05) is 13.7 Å². The van der Waals surface area contributed by atoms with Gasteiger partial charge in [0, 0.05) is 18.2 Å². The summed E-state index contributed by atoms with van der Waals surface area (Å²) in [4.78, 5) is 0. The molecule has 107 valence electrons. The molecular weight excluding hydrogens is 230 g/mol. The van der Waals surface area contributed by atoms with Gasteiger partial charge in [0.15, 0.2) is 0 Å². The first-order chi connectivity index (χ1) is 8.23. The average Bonchev–Trinajstić information content (AvgIpc) is 2.26. The second-order valence-corrected chi connectivity index (χ2v) is 6.55. The third-order valence-electron chi connectivity index (χ3n) is 3.86. The molecule has 1 rings (SSSR count). The number of hydrogen-bond acceptors (Lipinski definition) is 3. The summed E-state index contributed by atoms with van der Waals surface area (Å²) in [6.45, 7) is 10.7. The highest BCUT2D eigenvalue weighted by Gasteiger charge is 2.46. The Balaban J connectivity index is 2.58. The van der Waals surface area contributed by atoms with Crippen molar-refractivity contribution in [3.05, 3.63) is 0 Å². The van der Waals surface area contributed by atoms with Crippen LogP contribution in [-0.2, 0) is 14.7 Å². The second kappa shape index (κ2) is 5.87. The predicted octanol–water partition coefficient (Wildman–Crippen LogP) is 2.80. The zero-order valence-electron chi connectivity index (χ0n) is 12.7. The molecule has 4 nitrogen and oxygen atoms in total. The van der Waals surface area contributed by atoms with E-state index in [0.717, 1.165) is 19.3 Å². The first kappa shape index (κ1) is 15.9. The summed E-state index contributed by atoms with van der Waals surface area (Å²) in [6.07, 6.45) is 2.80. The van der Waals surface area contributed by atoms with Crippen LogP contribution in [0, 0.1) is 0 Å². The van der Waals surface area contributed by atoms with Crippen LogP contribution in [0.1, 0.15) is 53.9 Å². The van der Waals surface area contributed by atoms with E-state index >= 15 is 0 Å². The van der Waals surface area contributed by atoms with Gasteiger partial charge in [0.25, 0.3) is 0 Å². The van der Waals surface area contributed by atoms with E-state index in [4.69, 9.17) is 9.47 Å². The molecule has 0 aromatic rings. The Bertz CT molecular complexity index is 244. The molecule has 1 radical (unpaired) electrons. The number of hydroxylamine groups is 2. The minimum absolute atomic E-state index is 0.143. The van der Waals surface area contributed by atoms with E-state index < -0.39 is 0 Å². The molecule has 0 aliphatic carbocycles. The van der Waals surface area contributed by atoms with Gasteiger partial charge in [-0.1, -0.05) is 6.92 Å². The van der Waals surface area contributed by atoms with Gasteiger partial charge in [-0.25, -0.2) is 0 Å². The molecule has 1 heterocycles. The van der Waals surface area contributed by atoms with Gasteiger partial charge in [-0.05, 0) is 47.0 Å². The molecule has 1 atom stereocenters. The van der Waals surface area contributed by atoms with Crippen LogP contribution in [0.15, 0.2) is 0 Å². The lowest BCUT2D eigenvalue weighted by Gasteiger charge is -2.49. The van der Waals surface area contributed by atoms with Crippen LogP contribution in [0.5, 0.6) is 0 Å². The van der Waals surface area contributed by atoms with E-state index in [2.05, 4.69) is 6.92 Å². The largest absolute Gasteiger partial charge is 0.379 e. The van der Waals surface area contributed by atoms with Crippen molar-refractivity contribution < 1.29 is 14.7 Å². The van der Waals surface area contributed by atoms with E-state index in [1.54, 1.807) is 7.11 Å². The molecule has 0 amide bonds. The summed E-state index contributed by atoms with van der Waals surface area (Å²) in [5, 5.41) is 13.4. The maximum absolute atomic E-state index is 12.2. The van der Waals surface area contributed by atoms with E-state index in [0.29, 0.717) is 6.61 Å². The van der Waals surface area contributed by atoms with Gasteiger partial charge < -0.3 is 9.47 Å². The fraction of sp³-hybridized carbons (Fsp3) is 1.00. The fourth-order valence-electron chi connectivity index (χ4n) is 2.89. The molecule has 4 heteroatoms. The monoisotopic (exact) mass is 258 g/mol. The van der Waals surface area contributed by atoms with Crippen molar-refractivity contribution in [2.45, 2.75) is 77.2 Å². The Morgan fingerprint density at radius 2 is 1.72 bits per heavy atom. The summed E-state index contributed by atoms with van der Waals surface area (Å²) in [7, 11) is 1.71. The third kappa shape index (κ3) is 3.67. The van der Waals surface area contributed by atoms with Crippen molar-refractivity contribution in [3.8, 4) is 0 Å². The molecule has 1 aliphatic rings. The van der Waals surface area contributed by atoms with E-state index in [1.165, 1.54) is 5.06 Å². The van der Waals surface area contributed by atoms with E-state index in [1.807, 2.05) is 27.7 Å². The maximum atomic E-state index is 12.2. The first-order valence-corrected chi connectivity index (χ1v) is 6.85. The van der Waals surface area contributed by atoms with Crippen molar-refractivity contribution in [1.29, 1.82) is 0 Å². The quantitative estimate of drug-likeness (QED) is 0.761. The van der Waals surface area contributed by atoms with Crippen LogP contribution in [0.2, 0.25) is 0 Å². The predicted molar refractivity (Wildman–Crippen MR) is 70.7 cm³/mol. The highest BCUT2D eigenvalue weighted by Crippen LogP contribution is 2.38. The number of piperidine rings is 1. The van der Waals surface area contributed by atoms with Crippen molar-refractivity contribution in [1.82, 2.24) is 5.06 Å². The average molecular weight is 258 g/mol. The van der Waals surface area contributed by atoms with Crippen LogP contribution in [0.25, 0.3) is 0 Å². The standard InChI is InChI=1S/C14H28NO3/c1-7-11(17-6)10-18-12-8-13(2,3)15(16)14(4,5)9-12/h11-12H,7-10H2,1-6H3. The van der Waals surface area contributed by atoms with E-state index in [-0.39, 0.29) is 23.3 Å². The Morgan fingerprint density at radius 3 is 2.11 bits per heavy atom. The fourth-order valence-corrected chi connectivity index (χ4v) is 2.89. The lowest BCUT2D eigenvalue weighted by atomic mass is 9.80. The van der Waals surface area contributed by atoms with Crippen LogP contribution < -0.4 is 0 Å². The minimum atomic E-state index is -0.360. The Morgan fingerprint density at radius 1 is 1.22 bits per heavy atom. The highest BCUT2D eigenvalue weighted by molar-refractivity contribution is 4.96. The molecular formula is C14H28NO3. The van der Waals surface area contributed by atoms with Crippen molar-refractivity contribution in [3.63, 3.8) is 0 Å². The summed E-state index contributed by atoms with van der Waals surface area (Å²) in [5.41, 5.74) is -0.720. The Kier molecular flexibility index (Phi) is 5.18. The van der Waals surface area contributed by atoms with Gasteiger partial charge in [-0.15, -0.1) is 10.3 Å². The molecule has 1 fully saturated rings. The van der Waals surface area contributed by atoms with Gasteiger partial charge in [0.1, 0.15) is 0 Å². The summed E-state index contributed by atoms with van der Waals surface area (Å²) < 4.78 is 11.3. The number of rotatable bonds is 5. The molecule has 1 unspecified atom stereocenters. The molecule has 1 aliphatic heterocycles. The van der Waals surface area contributed by atoms with Gasteiger partial charge in [0.2, 0.25) is 0 Å². The minimum Gasteiger partial charge on any atom is -0.379 e. The lowest BCUT2D eigenvalue weighted by Crippen LogP contribution is -2.60. The molecule has 0 aromatic heterocycles. The number of methoxy groups -OCH3 is 1. The molecule has 0 N–H and O–H groups in total. The Labute approximate surface area is 111 Å². The van der Waals surface area contributed by atoms with Crippen LogP contribution in [-0.4, -0.2) is 42.1 Å². The smallest absolute Gasteiger partial charge is 0.0802 e. The van der Waals surface area contributed by atoms with Gasteiger partial charge in [-0.3, -0.25) is 0 Å². The van der Waals surface area contributed by atoms with Crippen LogP contribution >= 0.6 is 0 Å². The number of ether oxygens (including phenoxy) is 2. The van der Waals surface area contributed by atoms with E-state index in [9.17, 15) is 5.21 Å². The Hall–Kier alpha value is -0.160. The van der Waals surface area contributed by atoms with Crippen molar-refractivity contribution >= 4 is 0 Å². The number of nitrogens with zero attached hydrogens (tertiary/aromatic N) is 1. The molecule has 0 bridgehead atoms. The molecule has 1 saturated heterocycles. The molecule has 0 aromatic carbocycles. The third-order valence-corrected chi connectivity index (χ3v) is 3.86. The zero-order valence-corrected chi connectivity index (χ0v) is 12.7. The summed E-state index contributed by atoms with van der Waals surface area (Å²) in [5.74, 6) is 0. The summed E-state index contributed by atoms with van der Waals surface area (Å²) in [6, 6.07) is 0. The maximum Gasteiger partial charge on any atom is 0.0802 e. The molecule has 0 spiro atoms. The topological polar surface area (TPSA) is 41.6 Å². The van der Waals surface area contributed by atoms with Crippen molar-refractivity contribution in [2.24, 2.45) is 0 Å². The highest BCUT2D eigenvalue weighted by atomic mass is 16.5. The lowest BCUT2D eigenvalue weighted by molar-refractivity contribution is -0.302. The van der Waals surface area contributed by atoms with Gasteiger partial charge in [-0.2, -0.15) is 0 Å². The van der Waals surface area contributed by atoms with Crippen LogP contribution in [0.4, 0.5) is 0 Å². The molecule has 0 saturated carbocycles. The normalized spacial score (nSPS) is 26.2. The zero-order chi connectivity index (χ0) is 14.0. The SMILES string of the molecule is CCC(COC1CC(C)(C)N([O])C(C)(C)C1)OC. The second-order valence-electron chi connectivity index (χ2n) is 6.55. The van der Waals surface area contributed by atoms with Crippen LogP contribution in [0.3, 0.4) is 0 Å². The van der Waals surface area contributed by atoms with Gasteiger partial charge in [0.05, 0.1) is 18.8 Å². The summed E-state index contributed by atoms with van der Waals surface area (Å²) >= 11 is 0. The number of hydrogen-bond donors (Lipinski definition) is 0. The first-order valence-electron chi connectivity index (χ1n) is 6.85.